The molecule has 2 aromatic carbocycles. The molecule has 0 aliphatic carbocycles. The number of aryl methyl sites for hydroxylation is 1. The second kappa shape index (κ2) is 13.6. The Kier molecular flexibility index (Phi) is 10.0. The van der Waals surface area contributed by atoms with Crippen LogP contribution in [0.4, 0.5) is 5.95 Å². The van der Waals surface area contributed by atoms with Crippen molar-refractivity contribution in [3.05, 3.63) is 48.3 Å². The predicted octanol–water partition coefficient (Wildman–Crippen LogP) is 4.05. The molecule has 1 aliphatic heterocycles. The minimum atomic E-state index is -4.39. The van der Waals surface area contributed by atoms with E-state index in [0.717, 1.165) is 5.39 Å². The van der Waals surface area contributed by atoms with Crippen LogP contribution in [0.3, 0.4) is 0 Å². The van der Waals surface area contributed by atoms with Gasteiger partial charge >= 0.3 is 13.7 Å². The molecule has 6 unspecified atom stereocenters. The standard InChI is InChI=1S/C32H43N6O9P/c1-8-43-27-24-26(35-30(33)36-27)38(19(3)34-24)29-32(7,41)25(39)23(46-29)16-45-48(42,37-18(2)28(40)44-17-31(4,5)6)47-22-15-11-13-20-12-9-10-14-21(20)22/h9-15,18,23,25,29,39,41H,8,16-17H2,1-7H3,(H,37,42)(H2,33,35,36). The summed E-state index contributed by atoms with van der Waals surface area (Å²) in [5, 5.41) is 27.0. The summed E-state index contributed by atoms with van der Waals surface area (Å²) in [5.74, 6) is 0.0232. The van der Waals surface area contributed by atoms with Crippen molar-refractivity contribution in [1.29, 1.82) is 0 Å². The van der Waals surface area contributed by atoms with E-state index in [9.17, 15) is 19.6 Å². The lowest BCUT2D eigenvalue weighted by molar-refractivity contribution is -0.148. The van der Waals surface area contributed by atoms with Crippen LogP contribution in [0.5, 0.6) is 11.6 Å². The molecule has 2 aromatic heterocycles. The van der Waals surface area contributed by atoms with Crippen molar-refractivity contribution in [2.24, 2.45) is 5.41 Å². The van der Waals surface area contributed by atoms with E-state index in [1.54, 1.807) is 32.0 Å². The number of hydrogen-bond acceptors (Lipinski definition) is 13. The van der Waals surface area contributed by atoms with Crippen LogP contribution < -0.4 is 20.1 Å². The number of anilines is 1. The second-order valence-electron chi connectivity index (χ2n) is 13.1. The smallest absolute Gasteiger partial charge is 0.459 e. The first-order valence-electron chi connectivity index (χ1n) is 15.6. The Morgan fingerprint density at radius 2 is 1.90 bits per heavy atom. The Hall–Kier alpha value is -3.85. The normalized spacial score (nSPS) is 23.2. The van der Waals surface area contributed by atoms with Gasteiger partial charge in [0.25, 0.3) is 0 Å². The third-order valence-electron chi connectivity index (χ3n) is 7.70. The van der Waals surface area contributed by atoms with E-state index in [0.29, 0.717) is 23.3 Å². The van der Waals surface area contributed by atoms with Crippen LogP contribution in [0.1, 0.15) is 53.6 Å². The Bertz CT molecular complexity index is 1840. The maximum absolute atomic E-state index is 14.4. The predicted molar refractivity (Wildman–Crippen MR) is 177 cm³/mol. The number of ether oxygens (including phenoxy) is 3. The van der Waals surface area contributed by atoms with Gasteiger partial charge in [0.05, 0.1) is 19.8 Å². The van der Waals surface area contributed by atoms with Crippen LogP contribution >= 0.6 is 7.75 Å². The molecule has 1 saturated heterocycles. The fraction of sp³-hybridized carbons (Fsp3) is 0.500. The number of nitrogens with one attached hydrogen (secondary N) is 1. The van der Waals surface area contributed by atoms with Gasteiger partial charge in [0.15, 0.2) is 17.4 Å². The highest BCUT2D eigenvalue weighted by Gasteiger charge is 2.54. The number of carbonyl (C=O) groups is 1. The molecule has 260 valence electrons. The second-order valence-corrected chi connectivity index (χ2v) is 14.8. The summed E-state index contributed by atoms with van der Waals surface area (Å²) in [6.07, 6.45) is -3.99. The molecular weight excluding hydrogens is 643 g/mol. The quantitative estimate of drug-likeness (QED) is 0.123. The first-order valence-corrected chi connectivity index (χ1v) is 17.1. The monoisotopic (exact) mass is 686 g/mol. The Morgan fingerprint density at radius 3 is 2.60 bits per heavy atom. The Morgan fingerprint density at radius 1 is 1.19 bits per heavy atom. The SMILES string of the molecule is CCOc1nc(N)nc2c1nc(C)n2C1OC(COP(=O)(NC(C)C(=O)OCC(C)(C)C)Oc2cccc3ccccc23)C(O)C1(C)O. The summed E-state index contributed by atoms with van der Waals surface area (Å²) < 4.78 is 45.0. The Balaban J connectivity index is 1.42. The van der Waals surface area contributed by atoms with Gasteiger partial charge in [-0.2, -0.15) is 15.1 Å². The molecule has 4 aromatic rings. The fourth-order valence-electron chi connectivity index (χ4n) is 5.31. The van der Waals surface area contributed by atoms with E-state index in [4.69, 9.17) is 29.0 Å². The zero-order valence-electron chi connectivity index (χ0n) is 28.0. The number of aromatic nitrogens is 4. The van der Waals surface area contributed by atoms with E-state index in [2.05, 4.69) is 20.0 Å². The van der Waals surface area contributed by atoms with Gasteiger partial charge in [-0.3, -0.25) is 13.9 Å². The molecule has 48 heavy (non-hydrogen) atoms. The minimum absolute atomic E-state index is 0.0853. The highest BCUT2D eigenvalue weighted by Crippen LogP contribution is 2.49. The lowest BCUT2D eigenvalue weighted by atomic mass is 9.96. The summed E-state index contributed by atoms with van der Waals surface area (Å²) in [4.78, 5) is 25.8. The van der Waals surface area contributed by atoms with Crippen LogP contribution in [0.2, 0.25) is 0 Å². The van der Waals surface area contributed by atoms with Crippen LogP contribution in [-0.2, 0) is 23.4 Å². The van der Waals surface area contributed by atoms with Gasteiger partial charge in [-0.15, -0.1) is 0 Å². The van der Waals surface area contributed by atoms with Gasteiger partial charge in [-0.25, -0.2) is 9.55 Å². The fourth-order valence-corrected chi connectivity index (χ4v) is 6.83. The molecule has 0 bridgehead atoms. The van der Waals surface area contributed by atoms with Crippen molar-refractivity contribution < 1.29 is 42.8 Å². The molecule has 1 fully saturated rings. The summed E-state index contributed by atoms with van der Waals surface area (Å²) in [7, 11) is -4.39. The topological polar surface area (TPSA) is 202 Å². The lowest BCUT2D eigenvalue weighted by Crippen LogP contribution is -2.44. The number of aliphatic hydroxyl groups excluding tert-OH is 1. The number of imidazole rings is 1. The molecule has 0 spiro atoms. The van der Waals surface area contributed by atoms with E-state index in [1.165, 1.54) is 18.4 Å². The van der Waals surface area contributed by atoms with Crippen LogP contribution in [-0.4, -0.2) is 79.4 Å². The first-order chi connectivity index (χ1) is 22.5. The van der Waals surface area contributed by atoms with E-state index in [1.807, 2.05) is 45.0 Å². The first kappa shape index (κ1) is 35.5. The summed E-state index contributed by atoms with van der Waals surface area (Å²) in [6, 6.07) is 11.5. The van der Waals surface area contributed by atoms with E-state index >= 15 is 0 Å². The maximum Gasteiger partial charge on any atom is 0.459 e. The van der Waals surface area contributed by atoms with Crippen molar-refractivity contribution >= 4 is 41.6 Å². The van der Waals surface area contributed by atoms with Gasteiger partial charge in [-0.1, -0.05) is 57.2 Å². The molecule has 0 radical (unpaired) electrons. The summed E-state index contributed by atoms with van der Waals surface area (Å²) in [5.41, 5.74) is 4.26. The number of benzene rings is 2. The molecule has 16 heteroatoms. The number of rotatable bonds is 12. The molecular formula is C32H43N6O9P. The molecule has 3 heterocycles. The molecule has 15 nitrogen and oxygen atoms in total. The van der Waals surface area contributed by atoms with Gasteiger partial charge in [0.2, 0.25) is 11.8 Å². The minimum Gasteiger partial charge on any atom is -0.476 e. The average molecular weight is 687 g/mol. The highest BCUT2D eigenvalue weighted by molar-refractivity contribution is 7.52. The van der Waals surface area contributed by atoms with Crippen molar-refractivity contribution in [3.63, 3.8) is 0 Å². The zero-order chi connectivity index (χ0) is 35.0. The number of nitrogens with zero attached hydrogens (tertiary/aromatic N) is 4. The van der Waals surface area contributed by atoms with E-state index in [-0.39, 0.29) is 35.2 Å². The third kappa shape index (κ3) is 7.41. The van der Waals surface area contributed by atoms with Crippen molar-refractivity contribution in [2.45, 2.75) is 78.5 Å². The largest absolute Gasteiger partial charge is 0.476 e. The number of esters is 1. The lowest BCUT2D eigenvalue weighted by Gasteiger charge is -2.28. The highest BCUT2D eigenvalue weighted by atomic mass is 31.2. The molecule has 5 N–H and O–H groups in total. The molecule has 6 atom stereocenters. The molecule has 0 amide bonds. The number of fused-ring (bicyclic) bond motifs is 2. The number of hydrogen-bond donors (Lipinski definition) is 4. The van der Waals surface area contributed by atoms with Crippen LogP contribution in [0.25, 0.3) is 21.9 Å². The molecule has 0 saturated carbocycles. The number of aliphatic hydroxyl groups is 2. The third-order valence-corrected chi connectivity index (χ3v) is 9.33. The van der Waals surface area contributed by atoms with Crippen LogP contribution in [0.15, 0.2) is 42.5 Å². The number of nitrogen functional groups attached to an aromatic ring is 1. The zero-order valence-corrected chi connectivity index (χ0v) is 28.9. The summed E-state index contributed by atoms with van der Waals surface area (Å²) >= 11 is 0. The van der Waals surface area contributed by atoms with Gasteiger partial charge in [-0.05, 0) is 44.6 Å². The summed E-state index contributed by atoms with van der Waals surface area (Å²) in [6.45, 7) is 12.0. The van der Waals surface area contributed by atoms with E-state index < -0.39 is 50.4 Å². The van der Waals surface area contributed by atoms with Gasteiger partial charge in [0.1, 0.15) is 35.4 Å². The molecule has 5 rings (SSSR count). The van der Waals surface area contributed by atoms with Gasteiger partial charge < -0.3 is 34.7 Å². The Labute approximate surface area is 278 Å². The van der Waals surface area contributed by atoms with Crippen molar-refractivity contribution in [2.75, 3.05) is 25.6 Å². The maximum atomic E-state index is 14.4. The number of nitrogens with two attached hydrogens (primary N) is 1. The van der Waals surface area contributed by atoms with Gasteiger partial charge in [0, 0.05) is 5.39 Å². The molecule has 1 aliphatic rings. The number of carbonyl (C=O) groups excluding carboxylic acids is 1. The average Bonchev–Trinajstić information content (AvgIpc) is 3.45. The van der Waals surface area contributed by atoms with Crippen molar-refractivity contribution in [1.82, 2.24) is 24.6 Å². The van der Waals surface area contributed by atoms with Crippen molar-refractivity contribution in [3.8, 4) is 11.6 Å². The van der Waals surface area contributed by atoms with Crippen LogP contribution in [0, 0.1) is 12.3 Å².